The van der Waals surface area contributed by atoms with E-state index in [1.54, 1.807) is 4.72 Å². The first kappa shape index (κ1) is 24.4. The third-order valence-electron chi connectivity index (χ3n) is 3.74. The van der Waals surface area contributed by atoms with E-state index in [1.165, 1.54) is 19.1 Å². The van der Waals surface area contributed by atoms with Gasteiger partial charge in [0.1, 0.15) is 11.6 Å². The molecule has 1 amide bonds. The Bertz CT molecular complexity index is 1140. The number of alkyl halides is 3. The van der Waals surface area contributed by atoms with Gasteiger partial charge in [-0.05, 0) is 36.8 Å². The van der Waals surface area contributed by atoms with E-state index in [4.69, 9.17) is 17.0 Å². The summed E-state index contributed by atoms with van der Waals surface area (Å²) in [5, 5.41) is 10.4. The average Bonchev–Trinajstić information content (AvgIpc) is 2.59. The van der Waals surface area contributed by atoms with Crippen LogP contribution in [0.15, 0.2) is 30.3 Å². The van der Waals surface area contributed by atoms with E-state index in [1.807, 2.05) is 0 Å². The van der Waals surface area contributed by atoms with Crippen molar-refractivity contribution in [1.29, 1.82) is 5.41 Å². The van der Waals surface area contributed by atoms with Crippen molar-refractivity contribution in [3.63, 3.8) is 0 Å². The van der Waals surface area contributed by atoms with Crippen LogP contribution in [0.25, 0.3) is 0 Å². The highest BCUT2D eigenvalue weighted by Crippen LogP contribution is 2.31. The van der Waals surface area contributed by atoms with Crippen LogP contribution >= 0.6 is 11.6 Å². The molecule has 31 heavy (non-hydrogen) atoms. The molecule has 0 radical (unpaired) electrons. The van der Waals surface area contributed by atoms with E-state index < -0.39 is 39.4 Å². The zero-order valence-corrected chi connectivity index (χ0v) is 17.6. The van der Waals surface area contributed by atoms with Crippen molar-refractivity contribution >= 4 is 38.9 Å². The Morgan fingerprint density at radius 2 is 1.84 bits per heavy atom. The number of benzene rings is 2. The molecule has 7 nitrogen and oxygen atoms in total. The molecule has 0 aliphatic carbocycles. The first-order chi connectivity index (χ1) is 14.2. The molecule has 0 fully saturated rings. The number of carbonyl (C=O) groups is 1. The molecule has 13 heteroatoms. The first-order valence-corrected chi connectivity index (χ1v) is 10.6. The Hall–Kier alpha value is -2.86. The second-order valence-corrected chi connectivity index (χ2v) is 8.53. The van der Waals surface area contributed by atoms with Gasteiger partial charge in [0.05, 0.1) is 16.8 Å². The zero-order valence-electron chi connectivity index (χ0n) is 16.0. The molecule has 0 aliphatic rings. The lowest BCUT2D eigenvalue weighted by molar-refractivity contribution is -0.274. The van der Waals surface area contributed by atoms with E-state index >= 15 is 0 Å². The summed E-state index contributed by atoms with van der Waals surface area (Å²) in [7, 11) is -3.93. The van der Waals surface area contributed by atoms with Crippen LogP contribution in [0.3, 0.4) is 0 Å². The van der Waals surface area contributed by atoms with Crippen LogP contribution in [0.2, 0.25) is 5.02 Å². The van der Waals surface area contributed by atoms with Crippen LogP contribution in [0.5, 0.6) is 5.75 Å². The van der Waals surface area contributed by atoms with Crippen molar-refractivity contribution in [2.45, 2.75) is 19.8 Å². The molecule has 0 aliphatic heterocycles. The monoisotopic (exact) mass is 481 g/mol. The molecular formula is C18H16ClF4N3O4S. The molecule has 0 saturated heterocycles. The van der Waals surface area contributed by atoms with Gasteiger partial charge in [-0.15, -0.1) is 13.2 Å². The van der Waals surface area contributed by atoms with E-state index in [9.17, 15) is 30.8 Å². The fraction of sp³-hybridized carbons (Fsp3) is 0.222. The predicted octanol–water partition coefficient (Wildman–Crippen LogP) is 4.07. The SMILES string of the molecule is CC(=N)c1cc(C(=O)NS(C)(=O)=O)c(F)cc1NCc1ccc(OC(F)(F)F)c(Cl)c1. The van der Waals surface area contributed by atoms with Gasteiger partial charge in [0.15, 0.2) is 0 Å². The van der Waals surface area contributed by atoms with Crippen LogP contribution in [0, 0.1) is 11.2 Å². The standard InChI is InChI=1S/C18H16ClF4N3O4S/c1-9(24)11-6-12(17(27)26-31(2,28)29)14(20)7-15(11)25-8-10-3-4-16(13(19)5-10)30-18(21,22)23/h3-7,24-25H,8H2,1-2H3,(H,26,27). The largest absolute Gasteiger partial charge is 0.573 e. The Morgan fingerprint density at radius 3 is 2.35 bits per heavy atom. The maximum atomic E-state index is 14.4. The molecule has 0 aromatic heterocycles. The second kappa shape index (κ2) is 9.10. The van der Waals surface area contributed by atoms with E-state index in [2.05, 4.69) is 10.1 Å². The topological polar surface area (TPSA) is 108 Å². The number of anilines is 1. The molecule has 0 bridgehead atoms. The minimum absolute atomic E-state index is 0.0133. The third-order valence-corrected chi connectivity index (χ3v) is 4.59. The van der Waals surface area contributed by atoms with Crippen LogP contribution < -0.4 is 14.8 Å². The van der Waals surface area contributed by atoms with Gasteiger partial charge in [0.2, 0.25) is 10.0 Å². The molecule has 0 heterocycles. The lowest BCUT2D eigenvalue weighted by Gasteiger charge is -2.15. The lowest BCUT2D eigenvalue weighted by Crippen LogP contribution is -2.30. The molecule has 2 rings (SSSR count). The Balaban J connectivity index is 2.27. The fourth-order valence-corrected chi connectivity index (χ4v) is 3.17. The van der Waals surface area contributed by atoms with Crippen LogP contribution in [-0.2, 0) is 16.6 Å². The number of amides is 1. The van der Waals surface area contributed by atoms with Gasteiger partial charge in [0, 0.05) is 23.5 Å². The molecule has 168 valence electrons. The summed E-state index contributed by atoms with van der Waals surface area (Å²) in [4.78, 5) is 12.0. The minimum atomic E-state index is -4.90. The van der Waals surface area contributed by atoms with Crippen molar-refractivity contribution in [3.05, 3.63) is 57.9 Å². The molecule has 0 unspecified atom stereocenters. The molecule has 0 spiro atoms. The highest BCUT2D eigenvalue weighted by Gasteiger charge is 2.32. The van der Waals surface area contributed by atoms with Crippen molar-refractivity contribution in [1.82, 2.24) is 4.72 Å². The van der Waals surface area contributed by atoms with E-state index in [0.717, 1.165) is 24.5 Å². The van der Waals surface area contributed by atoms with Crippen LogP contribution in [0.4, 0.5) is 23.2 Å². The summed E-state index contributed by atoms with van der Waals surface area (Å²) < 4.78 is 79.2. The van der Waals surface area contributed by atoms with Gasteiger partial charge < -0.3 is 15.5 Å². The molecule has 0 atom stereocenters. The molecule has 3 N–H and O–H groups in total. The third kappa shape index (κ3) is 7.10. The predicted molar refractivity (Wildman–Crippen MR) is 107 cm³/mol. The normalized spacial score (nSPS) is 11.7. The zero-order chi connectivity index (χ0) is 23.6. The highest BCUT2D eigenvalue weighted by molar-refractivity contribution is 7.89. The smallest absolute Gasteiger partial charge is 0.404 e. The van der Waals surface area contributed by atoms with Gasteiger partial charge in [-0.1, -0.05) is 17.7 Å². The summed E-state index contributed by atoms with van der Waals surface area (Å²) in [6.45, 7) is 1.36. The van der Waals surface area contributed by atoms with Crippen molar-refractivity contribution < 1.29 is 35.5 Å². The molecular weight excluding hydrogens is 466 g/mol. The van der Waals surface area contributed by atoms with Crippen molar-refractivity contribution in [2.75, 3.05) is 11.6 Å². The molecule has 2 aromatic rings. The Labute approximate surface area is 179 Å². The number of nitrogens with one attached hydrogen (secondary N) is 3. The number of hydrogen-bond acceptors (Lipinski definition) is 6. The summed E-state index contributed by atoms with van der Waals surface area (Å²) >= 11 is 5.79. The fourth-order valence-electron chi connectivity index (χ4n) is 2.49. The summed E-state index contributed by atoms with van der Waals surface area (Å²) in [6.07, 6.45) is -4.17. The number of sulfonamides is 1. The summed E-state index contributed by atoms with van der Waals surface area (Å²) in [5.74, 6) is -2.82. The average molecular weight is 482 g/mol. The van der Waals surface area contributed by atoms with Crippen LogP contribution in [0.1, 0.15) is 28.4 Å². The number of ether oxygens (including phenoxy) is 1. The number of halogens is 5. The maximum Gasteiger partial charge on any atom is 0.573 e. The van der Waals surface area contributed by atoms with Crippen molar-refractivity contribution in [2.24, 2.45) is 0 Å². The molecule has 2 aromatic carbocycles. The Kier molecular flexibility index (Phi) is 7.17. The second-order valence-electron chi connectivity index (χ2n) is 6.37. The van der Waals surface area contributed by atoms with E-state index in [-0.39, 0.29) is 28.5 Å². The number of carbonyl (C=O) groups excluding carboxylic acids is 1. The minimum Gasteiger partial charge on any atom is -0.404 e. The van der Waals surface area contributed by atoms with E-state index in [0.29, 0.717) is 5.56 Å². The summed E-state index contributed by atoms with van der Waals surface area (Å²) in [5.41, 5.74) is 0.0142. The van der Waals surface area contributed by atoms with Crippen LogP contribution in [-0.4, -0.2) is 32.7 Å². The maximum absolute atomic E-state index is 14.4. The summed E-state index contributed by atoms with van der Waals surface area (Å²) in [6, 6.07) is 5.48. The van der Waals surface area contributed by atoms with Gasteiger partial charge in [-0.3, -0.25) is 4.79 Å². The lowest BCUT2D eigenvalue weighted by atomic mass is 10.0. The number of hydrogen-bond donors (Lipinski definition) is 3. The quantitative estimate of drug-likeness (QED) is 0.408. The van der Waals surface area contributed by atoms with Gasteiger partial charge in [-0.2, -0.15) is 0 Å². The van der Waals surface area contributed by atoms with Gasteiger partial charge in [-0.25, -0.2) is 17.5 Å². The Morgan fingerprint density at radius 1 is 1.19 bits per heavy atom. The number of rotatable bonds is 7. The highest BCUT2D eigenvalue weighted by atomic mass is 35.5. The molecule has 0 saturated carbocycles. The van der Waals surface area contributed by atoms with Gasteiger partial charge in [0.25, 0.3) is 5.91 Å². The van der Waals surface area contributed by atoms with Crippen molar-refractivity contribution in [3.8, 4) is 5.75 Å². The first-order valence-electron chi connectivity index (χ1n) is 8.35. The van der Waals surface area contributed by atoms with Gasteiger partial charge >= 0.3 is 6.36 Å².